The van der Waals surface area contributed by atoms with Gasteiger partial charge in [0.15, 0.2) is 0 Å². The quantitative estimate of drug-likeness (QED) is 0.679. The Kier molecular flexibility index (Phi) is 4.05. The van der Waals surface area contributed by atoms with Gasteiger partial charge in [-0.1, -0.05) is 0 Å². The molecule has 4 nitrogen and oxygen atoms in total. The highest BCUT2D eigenvalue weighted by molar-refractivity contribution is 5.77. The van der Waals surface area contributed by atoms with Crippen molar-refractivity contribution in [1.29, 1.82) is 0 Å². The first kappa shape index (κ1) is 9.80. The van der Waals surface area contributed by atoms with Crippen LogP contribution in [0.2, 0.25) is 0 Å². The number of ether oxygens (including phenoxy) is 1. The van der Waals surface area contributed by atoms with Crippen molar-refractivity contribution in [2.75, 3.05) is 20.3 Å². The molecule has 0 fully saturated rings. The highest BCUT2D eigenvalue weighted by Crippen LogP contribution is 1.99. The first-order valence-corrected chi connectivity index (χ1v) is 4.11. The van der Waals surface area contributed by atoms with Crippen LogP contribution >= 0.6 is 0 Å². The third kappa shape index (κ3) is 3.75. The van der Waals surface area contributed by atoms with Gasteiger partial charge in [0.1, 0.15) is 5.76 Å². The number of amides is 1. The second-order valence-electron chi connectivity index (χ2n) is 2.60. The number of hydrogen-bond acceptors (Lipinski definition) is 3. The molecular weight excluding hydrogens is 170 g/mol. The van der Waals surface area contributed by atoms with Crippen molar-refractivity contribution in [2.24, 2.45) is 0 Å². The van der Waals surface area contributed by atoms with Gasteiger partial charge in [0, 0.05) is 13.7 Å². The van der Waals surface area contributed by atoms with E-state index >= 15 is 0 Å². The summed E-state index contributed by atoms with van der Waals surface area (Å²) in [6, 6.07) is 3.54. The predicted octanol–water partition coefficient (Wildman–Crippen LogP) is 0.585. The molecule has 0 aliphatic heterocycles. The molecule has 0 aliphatic rings. The fourth-order valence-electron chi connectivity index (χ4n) is 0.926. The Bertz CT molecular complexity index is 243. The Balaban J connectivity index is 2.18. The Morgan fingerprint density at radius 3 is 3.15 bits per heavy atom. The minimum Gasteiger partial charge on any atom is -0.469 e. The van der Waals surface area contributed by atoms with E-state index in [9.17, 15) is 4.79 Å². The van der Waals surface area contributed by atoms with Crippen LogP contribution in [0.4, 0.5) is 0 Å². The van der Waals surface area contributed by atoms with Gasteiger partial charge in [-0.15, -0.1) is 0 Å². The lowest BCUT2D eigenvalue weighted by molar-refractivity contribution is -0.120. The number of carbonyl (C=O) groups is 1. The minimum absolute atomic E-state index is 0.0491. The maximum Gasteiger partial charge on any atom is 0.227 e. The maximum absolute atomic E-state index is 11.2. The van der Waals surface area contributed by atoms with E-state index in [1.165, 1.54) is 0 Å². The van der Waals surface area contributed by atoms with Gasteiger partial charge in [0.25, 0.3) is 0 Å². The van der Waals surface area contributed by atoms with Gasteiger partial charge < -0.3 is 14.5 Å². The van der Waals surface area contributed by atoms with Gasteiger partial charge in [-0.25, -0.2) is 0 Å². The number of hydrogen-bond donors (Lipinski definition) is 1. The maximum atomic E-state index is 11.2. The zero-order chi connectivity index (χ0) is 9.52. The Labute approximate surface area is 76.9 Å². The summed E-state index contributed by atoms with van der Waals surface area (Å²) in [7, 11) is 1.60. The van der Waals surface area contributed by atoms with Gasteiger partial charge >= 0.3 is 0 Å². The molecule has 0 radical (unpaired) electrons. The summed E-state index contributed by atoms with van der Waals surface area (Å²) in [5.74, 6) is 0.627. The third-order valence-electron chi connectivity index (χ3n) is 1.54. The van der Waals surface area contributed by atoms with E-state index in [0.29, 0.717) is 18.9 Å². The molecule has 1 aromatic rings. The molecule has 72 valence electrons. The zero-order valence-corrected chi connectivity index (χ0v) is 7.58. The lowest BCUT2D eigenvalue weighted by Crippen LogP contribution is -2.28. The van der Waals surface area contributed by atoms with Crippen LogP contribution in [0.5, 0.6) is 0 Å². The molecule has 0 atom stereocenters. The smallest absolute Gasteiger partial charge is 0.227 e. The molecule has 0 saturated carbocycles. The van der Waals surface area contributed by atoms with E-state index in [0.717, 1.165) is 0 Å². The van der Waals surface area contributed by atoms with Crippen LogP contribution in [0.25, 0.3) is 0 Å². The number of rotatable bonds is 5. The molecule has 1 N–H and O–H groups in total. The first-order valence-electron chi connectivity index (χ1n) is 4.11. The van der Waals surface area contributed by atoms with Crippen molar-refractivity contribution >= 4 is 5.91 Å². The monoisotopic (exact) mass is 183 g/mol. The number of furan rings is 1. The molecule has 0 saturated heterocycles. The van der Waals surface area contributed by atoms with Crippen molar-refractivity contribution in [3.05, 3.63) is 24.2 Å². The molecule has 1 amide bonds. The Hall–Kier alpha value is -1.29. The summed E-state index contributed by atoms with van der Waals surface area (Å²) in [4.78, 5) is 11.2. The normalized spacial score (nSPS) is 9.92. The molecule has 0 unspecified atom stereocenters. The van der Waals surface area contributed by atoms with Crippen molar-refractivity contribution in [1.82, 2.24) is 5.32 Å². The SMILES string of the molecule is COCCNC(=O)Cc1ccco1. The van der Waals surface area contributed by atoms with E-state index < -0.39 is 0 Å². The van der Waals surface area contributed by atoms with Gasteiger partial charge in [-0.05, 0) is 12.1 Å². The molecule has 0 bridgehead atoms. The second kappa shape index (κ2) is 5.37. The molecule has 0 aromatic carbocycles. The predicted molar refractivity (Wildman–Crippen MR) is 47.3 cm³/mol. The summed E-state index contributed by atoms with van der Waals surface area (Å²) in [5.41, 5.74) is 0. The first-order chi connectivity index (χ1) is 6.33. The van der Waals surface area contributed by atoms with Gasteiger partial charge in [0.05, 0.1) is 19.3 Å². The highest BCUT2D eigenvalue weighted by atomic mass is 16.5. The molecule has 4 heteroatoms. The number of carbonyl (C=O) groups excluding carboxylic acids is 1. The molecule has 1 heterocycles. The van der Waals surface area contributed by atoms with Crippen molar-refractivity contribution in [3.8, 4) is 0 Å². The summed E-state index contributed by atoms with van der Waals surface area (Å²) < 4.78 is 9.81. The van der Waals surface area contributed by atoms with E-state index in [4.69, 9.17) is 9.15 Å². The summed E-state index contributed by atoms with van der Waals surface area (Å²) in [6.07, 6.45) is 1.84. The lowest BCUT2D eigenvalue weighted by Gasteiger charge is -2.01. The fraction of sp³-hybridized carbons (Fsp3) is 0.444. The summed E-state index contributed by atoms with van der Waals surface area (Å²) in [6.45, 7) is 1.07. The minimum atomic E-state index is -0.0491. The number of methoxy groups -OCH3 is 1. The van der Waals surface area contributed by atoms with E-state index in [1.807, 2.05) is 0 Å². The van der Waals surface area contributed by atoms with Crippen LogP contribution in [0, 0.1) is 0 Å². The topological polar surface area (TPSA) is 51.5 Å². The standard InChI is InChI=1S/C9H13NO3/c1-12-6-4-10-9(11)7-8-3-2-5-13-8/h2-3,5H,4,6-7H2,1H3,(H,10,11). The Morgan fingerprint density at radius 2 is 2.54 bits per heavy atom. The molecule has 13 heavy (non-hydrogen) atoms. The van der Waals surface area contributed by atoms with E-state index in [2.05, 4.69) is 5.32 Å². The molecule has 1 rings (SSSR count). The zero-order valence-electron chi connectivity index (χ0n) is 7.58. The van der Waals surface area contributed by atoms with E-state index in [-0.39, 0.29) is 12.3 Å². The summed E-state index contributed by atoms with van der Waals surface area (Å²) in [5, 5.41) is 2.70. The second-order valence-corrected chi connectivity index (χ2v) is 2.60. The molecule has 0 spiro atoms. The summed E-state index contributed by atoms with van der Waals surface area (Å²) >= 11 is 0. The van der Waals surface area contributed by atoms with Gasteiger partial charge in [0.2, 0.25) is 5.91 Å². The van der Waals surface area contributed by atoms with Crippen LogP contribution in [0.1, 0.15) is 5.76 Å². The van der Waals surface area contributed by atoms with Crippen molar-refractivity contribution < 1.29 is 13.9 Å². The Morgan fingerprint density at radius 1 is 1.69 bits per heavy atom. The van der Waals surface area contributed by atoms with E-state index in [1.54, 1.807) is 25.5 Å². The lowest BCUT2D eigenvalue weighted by atomic mass is 10.3. The molecule has 0 aliphatic carbocycles. The van der Waals surface area contributed by atoms with Gasteiger partial charge in [-0.2, -0.15) is 0 Å². The third-order valence-corrected chi connectivity index (χ3v) is 1.54. The van der Waals surface area contributed by atoms with Crippen molar-refractivity contribution in [2.45, 2.75) is 6.42 Å². The van der Waals surface area contributed by atoms with Crippen LogP contribution in [0.3, 0.4) is 0 Å². The van der Waals surface area contributed by atoms with Crippen LogP contribution in [-0.4, -0.2) is 26.2 Å². The van der Waals surface area contributed by atoms with Gasteiger partial charge in [-0.3, -0.25) is 4.79 Å². The number of nitrogens with one attached hydrogen (secondary N) is 1. The van der Waals surface area contributed by atoms with Crippen molar-refractivity contribution in [3.63, 3.8) is 0 Å². The largest absolute Gasteiger partial charge is 0.469 e. The average Bonchev–Trinajstić information content (AvgIpc) is 2.57. The van der Waals surface area contributed by atoms with Crippen LogP contribution in [-0.2, 0) is 16.0 Å². The average molecular weight is 183 g/mol. The van der Waals surface area contributed by atoms with Crippen LogP contribution in [0.15, 0.2) is 22.8 Å². The molecule has 1 aromatic heterocycles. The highest BCUT2D eigenvalue weighted by Gasteiger charge is 2.03. The molecular formula is C9H13NO3. The fourth-order valence-corrected chi connectivity index (χ4v) is 0.926. The van der Waals surface area contributed by atoms with Crippen LogP contribution < -0.4 is 5.32 Å².